The predicted molar refractivity (Wildman–Crippen MR) is 86.1 cm³/mol. The van der Waals surface area contributed by atoms with E-state index in [1.807, 2.05) is 27.8 Å². The quantitative estimate of drug-likeness (QED) is 0.833. The van der Waals surface area contributed by atoms with Gasteiger partial charge in [-0.2, -0.15) is 10.4 Å². The van der Waals surface area contributed by atoms with Crippen molar-refractivity contribution in [1.82, 2.24) is 19.7 Å². The molecule has 2 aromatic rings. The van der Waals surface area contributed by atoms with Crippen LogP contribution in [-0.4, -0.2) is 45.3 Å². The lowest BCUT2D eigenvalue weighted by molar-refractivity contribution is -0.132. The number of ether oxygens (including phenoxy) is 1. The van der Waals surface area contributed by atoms with Gasteiger partial charge in [-0.3, -0.25) is 4.79 Å². The summed E-state index contributed by atoms with van der Waals surface area (Å²) in [6.07, 6.45) is 5.58. The minimum atomic E-state index is 0.0235. The molecule has 1 fully saturated rings. The normalized spacial score (nSPS) is 17.3. The fourth-order valence-corrected chi connectivity index (χ4v) is 2.91. The molecule has 1 aliphatic rings. The van der Waals surface area contributed by atoms with E-state index < -0.39 is 0 Å². The Labute approximate surface area is 140 Å². The Morgan fingerprint density at radius 2 is 2.21 bits per heavy atom. The van der Waals surface area contributed by atoms with Crippen molar-refractivity contribution in [3.63, 3.8) is 0 Å². The summed E-state index contributed by atoms with van der Waals surface area (Å²) < 4.78 is 7.05. The molecule has 1 aromatic carbocycles. The van der Waals surface area contributed by atoms with Gasteiger partial charge in [-0.05, 0) is 30.5 Å². The predicted octanol–water partition coefficient (Wildman–Crippen LogP) is 1.59. The van der Waals surface area contributed by atoms with Gasteiger partial charge >= 0.3 is 0 Å². The molecule has 0 bridgehead atoms. The van der Waals surface area contributed by atoms with Crippen LogP contribution in [0.2, 0.25) is 0 Å². The molecule has 1 saturated heterocycles. The summed E-state index contributed by atoms with van der Waals surface area (Å²) in [5.41, 5.74) is 0.937. The number of likely N-dealkylation sites (tertiary alicyclic amines) is 1. The SMILES string of the molecule is N#CCOc1ccc(CC(=O)N2CCCC(n3cncn3)C2)cc1. The smallest absolute Gasteiger partial charge is 0.227 e. The molecule has 7 heteroatoms. The third-order valence-corrected chi connectivity index (χ3v) is 4.14. The Morgan fingerprint density at radius 3 is 2.92 bits per heavy atom. The molecular formula is C17H19N5O2. The topological polar surface area (TPSA) is 84.0 Å². The highest BCUT2D eigenvalue weighted by Gasteiger charge is 2.25. The van der Waals surface area contributed by atoms with E-state index in [0.717, 1.165) is 24.9 Å². The fourth-order valence-electron chi connectivity index (χ4n) is 2.91. The van der Waals surface area contributed by atoms with Gasteiger partial charge in [0, 0.05) is 13.1 Å². The third kappa shape index (κ3) is 3.90. The van der Waals surface area contributed by atoms with Crippen molar-refractivity contribution < 1.29 is 9.53 Å². The first-order chi connectivity index (χ1) is 11.8. The Balaban J connectivity index is 1.57. The van der Waals surface area contributed by atoms with Gasteiger partial charge in [-0.25, -0.2) is 9.67 Å². The van der Waals surface area contributed by atoms with Crippen molar-refractivity contribution in [1.29, 1.82) is 5.26 Å². The molecule has 1 unspecified atom stereocenters. The molecule has 1 aromatic heterocycles. The maximum Gasteiger partial charge on any atom is 0.227 e. The van der Waals surface area contributed by atoms with Crippen LogP contribution in [0.3, 0.4) is 0 Å². The second-order valence-corrected chi connectivity index (χ2v) is 5.78. The number of carbonyl (C=O) groups excluding carboxylic acids is 1. The van der Waals surface area contributed by atoms with Crippen LogP contribution in [0, 0.1) is 11.3 Å². The number of carbonyl (C=O) groups is 1. The molecule has 0 spiro atoms. The van der Waals surface area contributed by atoms with E-state index in [9.17, 15) is 4.79 Å². The van der Waals surface area contributed by atoms with E-state index in [1.54, 1.807) is 18.5 Å². The Kier molecular flexibility index (Phi) is 5.06. The highest BCUT2D eigenvalue weighted by molar-refractivity contribution is 5.79. The van der Waals surface area contributed by atoms with Gasteiger partial charge in [-0.1, -0.05) is 12.1 Å². The number of benzene rings is 1. The number of aromatic nitrogens is 3. The number of hydrogen-bond acceptors (Lipinski definition) is 5. The number of nitriles is 1. The Hall–Kier alpha value is -2.88. The number of nitrogens with zero attached hydrogens (tertiary/aromatic N) is 5. The van der Waals surface area contributed by atoms with E-state index >= 15 is 0 Å². The lowest BCUT2D eigenvalue weighted by Crippen LogP contribution is -2.41. The second kappa shape index (κ2) is 7.59. The van der Waals surface area contributed by atoms with Gasteiger partial charge in [0.1, 0.15) is 24.5 Å². The second-order valence-electron chi connectivity index (χ2n) is 5.78. The van der Waals surface area contributed by atoms with Crippen LogP contribution in [0.15, 0.2) is 36.9 Å². The number of hydrogen-bond donors (Lipinski definition) is 0. The third-order valence-electron chi connectivity index (χ3n) is 4.14. The van der Waals surface area contributed by atoms with Crippen molar-refractivity contribution in [3.05, 3.63) is 42.5 Å². The first kappa shape index (κ1) is 16.0. The molecule has 1 atom stereocenters. The van der Waals surface area contributed by atoms with E-state index in [1.165, 1.54) is 6.33 Å². The maximum absolute atomic E-state index is 12.5. The standard InChI is InChI=1S/C17H19N5O2/c18-7-9-24-16-5-3-14(4-6-16)10-17(23)21-8-1-2-15(11-21)22-13-19-12-20-22/h3-6,12-13,15H,1-2,8-11H2. The number of piperidine rings is 1. The van der Waals surface area contributed by atoms with Gasteiger partial charge < -0.3 is 9.64 Å². The van der Waals surface area contributed by atoms with E-state index in [0.29, 0.717) is 18.7 Å². The molecule has 0 N–H and O–H groups in total. The molecule has 3 rings (SSSR count). The molecule has 1 amide bonds. The molecular weight excluding hydrogens is 306 g/mol. The average molecular weight is 325 g/mol. The van der Waals surface area contributed by atoms with Crippen molar-refractivity contribution >= 4 is 5.91 Å². The van der Waals surface area contributed by atoms with Gasteiger partial charge in [-0.15, -0.1) is 0 Å². The summed E-state index contributed by atoms with van der Waals surface area (Å²) in [7, 11) is 0. The van der Waals surface area contributed by atoms with Crippen LogP contribution in [-0.2, 0) is 11.2 Å². The highest BCUT2D eigenvalue weighted by Crippen LogP contribution is 2.21. The van der Waals surface area contributed by atoms with Crippen molar-refractivity contribution in [2.24, 2.45) is 0 Å². The summed E-state index contributed by atoms with van der Waals surface area (Å²) in [5, 5.41) is 12.7. The van der Waals surface area contributed by atoms with Crippen LogP contribution < -0.4 is 4.74 Å². The van der Waals surface area contributed by atoms with Crippen LogP contribution in [0.5, 0.6) is 5.75 Å². The molecule has 0 saturated carbocycles. The first-order valence-electron chi connectivity index (χ1n) is 7.97. The highest BCUT2D eigenvalue weighted by atomic mass is 16.5. The van der Waals surface area contributed by atoms with Gasteiger partial charge in [0.15, 0.2) is 6.61 Å². The largest absolute Gasteiger partial charge is 0.479 e. The summed E-state index contributed by atoms with van der Waals surface area (Å²) in [5.74, 6) is 0.752. The molecule has 24 heavy (non-hydrogen) atoms. The minimum Gasteiger partial charge on any atom is -0.479 e. The first-order valence-corrected chi connectivity index (χ1v) is 7.97. The zero-order chi connectivity index (χ0) is 16.8. The average Bonchev–Trinajstić information content (AvgIpc) is 3.16. The molecule has 7 nitrogen and oxygen atoms in total. The van der Waals surface area contributed by atoms with E-state index in [-0.39, 0.29) is 18.6 Å². The van der Waals surface area contributed by atoms with Crippen molar-refractivity contribution in [2.75, 3.05) is 19.7 Å². The van der Waals surface area contributed by atoms with Gasteiger partial charge in [0.2, 0.25) is 5.91 Å². The van der Waals surface area contributed by atoms with E-state index in [2.05, 4.69) is 10.1 Å². The van der Waals surface area contributed by atoms with Crippen LogP contribution in [0.1, 0.15) is 24.4 Å². The zero-order valence-corrected chi connectivity index (χ0v) is 13.3. The van der Waals surface area contributed by atoms with Gasteiger partial charge in [0.25, 0.3) is 0 Å². The molecule has 124 valence electrons. The molecule has 2 heterocycles. The lowest BCUT2D eigenvalue weighted by atomic mass is 10.0. The number of rotatable bonds is 5. The number of amides is 1. The monoisotopic (exact) mass is 325 g/mol. The summed E-state index contributed by atoms with van der Waals surface area (Å²) >= 11 is 0. The van der Waals surface area contributed by atoms with E-state index in [4.69, 9.17) is 10.00 Å². The Bertz CT molecular complexity index is 706. The van der Waals surface area contributed by atoms with Gasteiger partial charge in [0.05, 0.1) is 12.5 Å². The van der Waals surface area contributed by atoms with Crippen LogP contribution >= 0.6 is 0 Å². The van der Waals surface area contributed by atoms with Crippen molar-refractivity contribution in [3.8, 4) is 11.8 Å². The summed E-state index contributed by atoms with van der Waals surface area (Å²) in [6, 6.07) is 9.43. The minimum absolute atomic E-state index is 0.0235. The fraction of sp³-hybridized carbons (Fsp3) is 0.412. The molecule has 1 aliphatic heterocycles. The zero-order valence-electron chi connectivity index (χ0n) is 13.3. The summed E-state index contributed by atoms with van der Waals surface area (Å²) in [4.78, 5) is 18.4. The van der Waals surface area contributed by atoms with Crippen molar-refractivity contribution in [2.45, 2.75) is 25.3 Å². The lowest BCUT2D eigenvalue weighted by Gasteiger charge is -2.32. The molecule has 0 aliphatic carbocycles. The van der Waals surface area contributed by atoms with Crippen LogP contribution in [0.25, 0.3) is 0 Å². The Morgan fingerprint density at radius 1 is 1.38 bits per heavy atom. The molecule has 0 radical (unpaired) electrons. The summed E-state index contributed by atoms with van der Waals surface area (Å²) in [6.45, 7) is 1.48. The van der Waals surface area contributed by atoms with Crippen LogP contribution in [0.4, 0.5) is 0 Å². The maximum atomic E-state index is 12.5.